The Morgan fingerprint density at radius 3 is 2.81 bits per heavy atom. The van der Waals surface area contributed by atoms with Crippen molar-refractivity contribution < 1.29 is 19.1 Å². The van der Waals surface area contributed by atoms with Gasteiger partial charge in [0.15, 0.2) is 0 Å². The number of methoxy groups -OCH3 is 1. The van der Waals surface area contributed by atoms with Crippen molar-refractivity contribution in [2.24, 2.45) is 0 Å². The topological polar surface area (TPSA) is 59.1 Å². The number of carbonyl (C=O) groups is 2. The second-order valence-electron chi connectivity index (χ2n) is 6.86. The molecule has 0 saturated carbocycles. The lowest BCUT2D eigenvalue weighted by Crippen LogP contribution is -2.42. The Labute approximate surface area is 158 Å². The fourth-order valence-electron chi connectivity index (χ4n) is 3.70. The van der Waals surface area contributed by atoms with Crippen molar-refractivity contribution in [1.29, 1.82) is 0 Å². The lowest BCUT2D eigenvalue weighted by atomic mass is 10.0. The van der Waals surface area contributed by atoms with Crippen molar-refractivity contribution in [2.75, 3.05) is 25.2 Å². The summed E-state index contributed by atoms with van der Waals surface area (Å²) in [5.41, 5.74) is 2.68. The Hall–Kier alpha value is -3.02. The Morgan fingerprint density at radius 1 is 1.22 bits per heavy atom. The van der Waals surface area contributed by atoms with Crippen LogP contribution in [0.4, 0.5) is 10.5 Å². The van der Waals surface area contributed by atoms with Gasteiger partial charge in [-0.1, -0.05) is 30.3 Å². The minimum absolute atomic E-state index is 0.0584. The quantitative estimate of drug-likeness (QED) is 0.838. The van der Waals surface area contributed by atoms with E-state index >= 15 is 0 Å². The molecule has 27 heavy (non-hydrogen) atoms. The predicted octanol–water partition coefficient (Wildman–Crippen LogP) is 3.00. The molecule has 2 heterocycles. The van der Waals surface area contributed by atoms with E-state index in [4.69, 9.17) is 9.47 Å². The minimum atomic E-state index is -0.324. The molecular formula is C21H22N2O4. The van der Waals surface area contributed by atoms with E-state index in [9.17, 15) is 9.59 Å². The van der Waals surface area contributed by atoms with Gasteiger partial charge in [0.05, 0.1) is 25.3 Å². The molecule has 140 valence electrons. The van der Waals surface area contributed by atoms with Crippen LogP contribution in [-0.4, -0.2) is 43.2 Å². The second kappa shape index (κ2) is 7.31. The Balaban J connectivity index is 1.64. The van der Waals surface area contributed by atoms with Crippen LogP contribution in [0.1, 0.15) is 17.5 Å². The fraction of sp³-hybridized carbons (Fsp3) is 0.333. The van der Waals surface area contributed by atoms with E-state index in [2.05, 4.69) is 0 Å². The molecule has 0 bridgehead atoms. The summed E-state index contributed by atoms with van der Waals surface area (Å²) in [5.74, 6) is 0.780. The number of ether oxygens (including phenoxy) is 2. The number of amides is 2. The van der Waals surface area contributed by atoms with Crippen molar-refractivity contribution in [3.63, 3.8) is 0 Å². The monoisotopic (exact) mass is 366 g/mol. The highest BCUT2D eigenvalue weighted by Crippen LogP contribution is 2.34. The van der Waals surface area contributed by atoms with Gasteiger partial charge in [-0.25, -0.2) is 4.79 Å². The zero-order valence-corrected chi connectivity index (χ0v) is 15.3. The highest BCUT2D eigenvalue weighted by molar-refractivity contribution is 5.91. The molecule has 6 nitrogen and oxygen atoms in total. The Bertz CT molecular complexity index is 853. The van der Waals surface area contributed by atoms with Gasteiger partial charge in [0.25, 0.3) is 0 Å². The van der Waals surface area contributed by atoms with E-state index in [1.807, 2.05) is 53.4 Å². The SMILES string of the molecule is COc1ccc2c(c1)CN(C(=O)Cc1ccccc1)CC[C@H]1COC(=O)N21. The summed E-state index contributed by atoms with van der Waals surface area (Å²) in [4.78, 5) is 28.8. The van der Waals surface area contributed by atoms with Crippen molar-refractivity contribution in [2.45, 2.75) is 25.4 Å². The Morgan fingerprint density at radius 2 is 2.04 bits per heavy atom. The smallest absolute Gasteiger partial charge is 0.414 e. The molecule has 2 aliphatic heterocycles. The van der Waals surface area contributed by atoms with Gasteiger partial charge >= 0.3 is 6.09 Å². The first-order valence-electron chi connectivity index (χ1n) is 9.10. The number of fused-ring (bicyclic) bond motifs is 3. The second-order valence-corrected chi connectivity index (χ2v) is 6.86. The largest absolute Gasteiger partial charge is 0.497 e. The molecule has 0 unspecified atom stereocenters. The van der Waals surface area contributed by atoms with Gasteiger partial charge < -0.3 is 14.4 Å². The summed E-state index contributed by atoms with van der Waals surface area (Å²) < 4.78 is 10.6. The Kier molecular flexibility index (Phi) is 4.71. The normalized spacial score (nSPS) is 18.9. The van der Waals surface area contributed by atoms with Crippen LogP contribution in [0.25, 0.3) is 0 Å². The zero-order valence-electron chi connectivity index (χ0n) is 15.3. The van der Waals surface area contributed by atoms with Crippen LogP contribution in [0.3, 0.4) is 0 Å². The molecule has 0 aliphatic carbocycles. The fourth-order valence-corrected chi connectivity index (χ4v) is 3.70. The first kappa shape index (κ1) is 17.4. The number of hydrogen-bond acceptors (Lipinski definition) is 4. The molecular weight excluding hydrogens is 344 g/mol. The molecule has 1 atom stereocenters. The summed E-state index contributed by atoms with van der Waals surface area (Å²) in [6, 6.07) is 15.3. The lowest BCUT2D eigenvalue weighted by Gasteiger charge is -2.32. The van der Waals surface area contributed by atoms with Gasteiger partial charge in [-0.15, -0.1) is 0 Å². The number of rotatable bonds is 3. The van der Waals surface area contributed by atoms with E-state index in [1.54, 1.807) is 12.0 Å². The van der Waals surface area contributed by atoms with E-state index in [1.165, 1.54) is 0 Å². The first-order valence-corrected chi connectivity index (χ1v) is 9.10. The minimum Gasteiger partial charge on any atom is -0.497 e. The van der Waals surface area contributed by atoms with Gasteiger partial charge in [0.1, 0.15) is 12.4 Å². The van der Waals surface area contributed by atoms with E-state index in [0.717, 1.165) is 16.8 Å². The number of hydrogen-bond donors (Lipinski definition) is 0. The average molecular weight is 366 g/mol. The molecule has 0 radical (unpaired) electrons. The van der Waals surface area contributed by atoms with Crippen LogP contribution in [0, 0.1) is 0 Å². The molecule has 0 N–H and O–H groups in total. The van der Waals surface area contributed by atoms with Crippen molar-refractivity contribution in [1.82, 2.24) is 4.90 Å². The van der Waals surface area contributed by atoms with Gasteiger partial charge in [0, 0.05) is 13.1 Å². The molecule has 2 aromatic rings. The van der Waals surface area contributed by atoms with Crippen LogP contribution in [-0.2, 0) is 22.5 Å². The maximum absolute atomic E-state index is 12.9. The van der Waals surface area contributed by atoms with Gasteiger partial charge in [-0.05, 0) is 35.7 Å². The van der Waals surface area contributed by atoms with E-state index in [0.29, 0.717) is 38.3 Å². The average Bonchev–Trinajstić information content (AvgIpc) is 3.03. The standard InChI is InChI=1S/C21H22N2O4/c1-26-18-7-8-19-16(12-18)13-22(10-9-17-14-27-21(25)23(17)19)20(24)11-15-5-3-2-4-6-15/h2-8,12,17H,9-11,13-14H2,1H3/t17-/m0/s1. The molecule has 1 saturated heterocycles. The summed E-state index contributed by atoms with van der Waals surface area (Å²) in [5, 5.41) is 0. The summed E-state index contributed by atoms with van der Waals surface area (Å²) in [6.45, 7) is 1.37. The highest BCUT2D eigenvalue weighted by Gasteiger charge is 2.37. The van der Waals surface area contributed by atoms with Gasteiger partial charge in [-0.3, -0.25) is 9.69 Å². The number of benzene rings is 2. The summed E-state index contributed by atoms with van der Waals surface area (Å²) in [6.07, 6.45) is 0.734. The van der Waals surface area contributed by atoms with Gasteiger partial charge in [-0.2, -0.15) is 0 Å². The third-order valence-corrected chi connectivity index (χ3v) is 5.15. The number of anilines is 1. The number of cyclic esters (lactones) is 1. The van der Waals surface area contributed by atoms with Crippen molar-refractivity contribution >= 4 is 17.7 Å². The third kappa shape index (κ3) is 3.47. The van der Waals surface area contributed by atoms with Crippen LogP contribution in [0.15, 0.2) is 48.5 Å². The number of carbonyl (C=O) groups excluding carboxylic acids is 2. The third-order valence-electron chi connectivity index (χ3n) is 5.15. The molecule has 1 fully saturated rings. The molecule has 6 heteroatoms. The maximum Gasteiger partial charge on any atom is 0.414 e. The van der Waals surface area contributed by atoms with Crippen molar-refractivity contribution in [3.8, 4) is 5.75 Å². The van der Waals surface area contributed by atoms with E-state index in [-0.39, 0.29) is 18.0 Å². The van der Waals surface area contributed by atoms with Crippen molar-refractivity contribution in [3.05, 3.63) is 59.7 Å². The van der Waals surface area contributed by atoms with Gasteiger partial charge in [0.2, 0.25) is 5.91 Å². The van der Waals surface area contributed by atoms with Crippen LogP contribution >= 0.6 is 0 Å². The summed E-state index contributed by atoms with van der Waals surface area (Å²) >= 11 is 0. The van der Waals surface area contributed by atoms with E-state index < -0.39 is 0 Å². The maximum atomic E-state index is 12.9. The molecule has 0 spiro atoms. The predicted molar refractivity (Wildman–Crippen MR) is 101 cm³/mol. The highest BCUT2D eigenvalue weighted by atomic mass is 16.6. The number of nitrogens with zero attached hydrogens (tertiary/aromatic N) is 2. The lowest BCUT2D eigenvalue weighted by molar-refractivity contribution is -0.131. The molecule has 0 aromatic heterocycles. The van der Waals surface area contributed by atoms with Crippen LogP contribution in [0.5, 0.6) is 5.75 Å². The zero-order chi connectivity index (χ0) is 18.8. The molecule has 2 aromatic carbocycles. The van der Waals surface area contributed by atoms with Crippen LogP contribution in [0.2, 0.25) is 0 Å². The summed E-state index contributed by atoms with van der Waals surface area (Å²) in [7, 11) is 1.61. The first-order chi connectivity index (χ1) is 13.2. The van der Waals surface area contributed by atoms with Crippen LogP contribution < -0.4 is 9.64 Å². The molecule has 4 rings (SSSR count). The molecule has 2 aliphatic rings. The molecule has 2 amide bonds.